The minimum Gasteiger partial charge on any atom is -0.314 e. The summed E-state index contributed by atoms with van der Waals surface area (Å²) in [6.45, 7) is 5.89. The third-order valence-electron chi connectivity index (χ3n) is 6.38. The SMILES string of the molecule is CC(C)NCC1(CC2CC3CCC2C3)CCCCC1. The van der Waals surface area contributed by atoms with Gasteiger partial charge in [0.1, 0.15) is 0 Å². The van der Waals surface area contributed by atoms with Gasteiger partial charge in [0, 0.05) is 12.6 Å². The maximum Gasteiger partial charge on any atom is 0.00106 e. The van der Waals surface area contributed by atoms with Gasteiger partial charge in [-0.15, -0.1) is 0 Å². The van der Waals surface area contributed by atoms with Crippen LogP contribution in [0.2, 0.25) is 0 Å². The molecule has 0 aliphatic heterocycles. The number of rotatable bonds is 5. The quantitative estimate of drug-likeness (QED) is 0.754. The fourth-order valence-electron chi connectivity index (χ4n) is 5.36. The summed E-state index contributed by atoms with van der Waals surface area (Å²) in [4.78, 5) is 0. The predicted molar refractivity (Wildman–Crippen MR) is 82.2 cm³/mol. The summed E-state index contributed by atoms with van der Waals surface area (Å²) >= 11 is 0. The molecule has 3 atom stereocenters. The van der Waals surface area contributed by atoms with E-state index in [1.54, 1.807) is 32.1 Å². The summed E-state index contributed by atoms with van der Waals surface area (Å²) in [6.07, 6.45) is 15.3. The van der Waals surface area contributed by atoms with Crippen molar-refractivity contribution in [2.45, 2.75) is 84.1 Å². The summed E-state index contributed by atoms with van der Waals surface area (Å²) < 4.78 is 0. The minimum atomic E-state index is 0.652. The molecular formula is C18H33N. The van der Waals surface area contributed by atoms with Crippen molar-refractivity contribution in [1.29, 1.82) is 0 Å². The molecule has 1 nitrogen and oxygen atoms in total. The topological polar surface area (TPSA) is 12.0 Å². The zero-order valence-corrected chi connectivity index (χ0v) is 13.1. The largest absolute Gasteiger partial charge is 0.314 e. The standard InChI is InChI=1S/C18H33N/c1-14(2)19-13-18(8-4-3-5-9-18)12-17-11-15-6-7-16(17)10-15/h14-17,19H,3-13H2,1-2H3. The van der Waals surface area contributed by atoms with Crippen LogP contribution >= 0.6 is 0 Å². The molecular weight excluding hydrogens is 230 g/mol. The average Bonchev–Trinajstić information content (AvgIpc) is 3.00. The van der Waals surface area contributed by atoms with Gasteiger partial charge in [-0.1, -0.05) is 39.5 Å². The molecule has 0 aromatic carbocycles. The first-order valence-corrected chi connectivity index (χ1v) is 8.90. The minimum absolute atomic E-state index is 0.652. The second-order valence-corrected chi connectivity index (χ2v) is 8.24. The molecule has 3 aliphatic carbocycles. The molecule has 1 heteroatoms. The van der Waals surface area contributed by atoms with Crippen molar-refractivity contribution in [3.8, 4) is 0 Å². The van der Waals surface area contributed by atoms with E-state index in [4.69, 9.17) is 0 Å². The second kappa shape index (κ2) is 5.76. The molecule has 0 aromatic rings. The Hall–Kier alpha value is -0.0400. The molecule has 0 aromatic heterocycles. The monoisotopic (exact) mass is 263 g/mol. The summed E-state index contributed by atoms with van der Waals surface area (Å²) in [5.41, 5.74) is 0.664. The van der Waals surface area contributed by atoms with Crippen molar-refractivity contribution in [3.63, 3.8) is 0 Å². The van der Waals surface area contributed by atoms with Crippen LogP contribution in [0.25, 0.3) is 0 Å². The van der Waals surface area contributed by atoms with E-state index >= 15 is 0 Å². The number of hydrogen-bond donors (Lipinski definition) is 1. The molecule has 3 unspecified atom stereocenters. The highest BCUT2D eigenvalue weighted by Crippen LogP contribution is 2.54. The molecule has 0 heterocycles. The number of hydrogen-bond acceptors (Lipinski definition) is 1. The molecule has 3 aliphatic rings. The van der Waals surface area contributed by atoms with Gasteiger partial charge in [0.2, 0.25) is 0 Å². The Labute approximate surface area is 119 Å². The van der Waals surface area contributed by atoms with Crippen LogP contribution in [0, 0.1) is 23.2 Å². The van der Waals surface area contributed by atoms with Crippen molar-refractivity contribution in [1.82, 2.24) is 5.32 Å². The zero-order valence-electron chi connectivity index (χ0n) is 13.1. The lowest BCUT2D eigenvalue weighted by Gasteiger charge is -2.42. The predicted octanol–water partition coefficient (Wildman–Crippen LogP) is 4.76. The van der Waals surface area contributed by atoms with Crippen molar-refractivity contribution >= 4 is 0 Å². The van der Waals surface area contributed by atoms with E-state index in [-0.39, 0.29) is 0 Å². The van der Waals surface area contributed by atoms with Crippen LogP contribution in [0.3, 0.4) is 0 Å². The highest BCUT2D eigenvalue weighted by atomic mass is 14.9. The van der Waals surface area contributed by atoms with E-state index in [1.165, 1.54) is 38.6 Å². The van der Waals surface area contributed by atoms with Crippen LogP contribution in [-0.4, -0.2) is 12.6 Å². The van der Waals surface area contributed by atoms with Crippen LogP contribution < -0.4 is 5.32 Å². The normalized spacial score (nSPS) is 37.1. The molecule has 3 saturated carbocycles. The molecule has 2 bridgehead atoms. The van der Waals surface area contributed by atoms with E-state index in [1.807, 2.05) is 0 Å². The van der Waals surface area contributed by atoms with Crippen LogP contribution in [0.5, 0.6) is 0 Å². The van der Waals surface area contributed by atoms with E-state index in [9.17, 15) is 0 Å². The second-order valence-electron chi connectivity index (χ2n) is 8.24. The first kappa shape index (κ1) is 13.9. The maximum absolute atomic E-state index is 3.77. The summed E-state index contributed by atoms with van der Waals surface area (Å²) in [7, 11) is 0. The van der Waals surface area contributed by atoms with Crippen molar-refractivity contribution in [2.24, 2.45) is 23.2 Å². The van der Waals surface area contributed by atoms with Gasteiger partial charge in [0.15, 0.2) is 0 Å². The van der Waals surface area contributed by atoms with E-state index in [0.717, 1.165) is 17.8 Å². The smallest absolute Gasteiger partial charge is 0.00106 e. The Bertz CT molecular complexity index is 290. The molecule has 0 saturated heterocycles. The highest BCUT2D eigenvalue weighted by molar-refractivity contribution is 4.95. The molecule has 3 fully saturated rings. The molecule has 110 valence electrons. The third-order valence-corrected chi connectivity index (χ3v) is 6.38. The van der Waals surface area contributed by atoms with Crippen molar-refractivity contribution in [2.75, 3.05) is 6.54 Å². The Morgan fingerprint density at radius 2 is 1.84 bits per heavy atom. The number of nitrogens with one attached hydrogen (secondary N) is 1. The lowest BCUT2D eigenvalue weighted by atomic mass is 9.66. The van der Waals surface area contributed by atoms with Crippen molar-refractivity contribution < 1.29 is 0 Å². The Morgan fingerprint density at radius 1 is 1.05 bits per heavy atom. The molecule has 0 amide bonds. The molecule has 3 rings (SSSR count). The maximum atomic E-state index is 3.77. The fourth-order valence-corrected chi connectivity index (χ4v) is 5.36. The average molecular weight is 263 g/mol. The lowest BCUT2D eigenvalue weighted by Crippen LogP contribution is -2.40. The fraction of sp³-hybridized carbons (Fsp3) is 1.00. The summed E-state index contributed by atoms with van der Waals surface area (Å²) in [5.74, 6) is 3.32. The Balaban J connectivity index is 1.61. The van der Waals surface area contributed by atoms with Gasteiger partial charge in [0.05, 0.1) is 0 Å². The van der Waals surface area contributed by atoms with Crippen LogP contribution in [-0.2, 0) is 0 Å². The lowest BCUT2D eigenvalue weighted by molar-refractivity contribution is 0.113. The Morgan fingerprint density at radius 3 is 2.42 bits per heavy atom. The van der Waals surface area contributed by atoms with Crippen LogP contribution in [0.1, 0.15) is 78.1 Å². The molecule has 19 heavy (non-hydrogen) atoms. The number of fused-ring (bicyclic) bond motifs is 2. The van der Waals surface area contributed by atoms with Gasteiger partial charge < -0.3 is 5.32 Å². The molecule has 0 radical (unpaired) electrons. The van der Waals surface area contributed by atoms with Crippen molar-refractivity contribution in [3.05, 3.63) is 0 Å². The van der Waals surface area contributed by atoms with Gasteiger partial charge in [-0.2, -0.15) is 0 Å². The zero-order chi connectivity index (χ0) is 13.3. The van der Waals surface area contributed by atoms with Gasteiger partial charge >= 0.3 is 0 Å². The van der Waals surface area contributed by atoms with Gasteiger partial charge in [-0.05, 0) is 61.7 Å². The molecule has 1 N–H and O–H groups in total. The molecule has 0 spiro atoms. The van der Waals surface area contributed by atoms with E-state index < -0.39 is 0 Å². The first-order chi connectivity index (χ1) is 9.17. The van der Waals surface area contributed by atoms with Gasteiger partial charge in [-0.3, -0.25) is 0 Å². The highest BCUT2D eigenvalue weighted by Gasteiger charge is 2.43. The summed E-state index contributed by atoms with van der Waals surface area (Å²) in [5, 5.41) is 3.77. The van der Waals surface area contributed by atoms with Crippen LogP contribution in [0.15, 0.2) is 0 Å². The van der Waals surface area contributed by atoms with E-state index in [0.29, 0.717) is 11.5 Å². The van der Waals surface area contributed by atoms with Gasteiger partial charge in [0.25, 0.3) is 0 Å². The first-order valence-electron chi connectivity index (χ1n) is 8.90. The summed E-state index contributed by atoms with van der Waals surface area (Å²) in [6, 6.07) is 0.652. The van der Waals surface area contributed by atoms with Gasteiger partial charge in [-0.25, -0.2) is 0 Å². The van der Waals surface area contributed by atoms with Crippen LogP contribution in [0.4, 0.5) is 0 Å². The Kier molecular flexibility index (Phi) is 4.22. The van der Waals surface area contributed by atoms with E-state index in [2.05, 4.69) is 19.2 Å². The third kappa shape index (κ3) is 3.17.